The summed E-state index contributed by atoms with van der Waals surface area (Å²) >= 11 is 0. The van der Waals surface area contributed by atoms with Gasteiger partial charge in [-0.25, -0.2) is 0 Å². The number of carbonyl (C=O) groups excluding carboxylic acids is 3. The minimum Gasteiger partial charge on any atom is -0.484 e. The first kappa shape index (κ1) is 18.9. The maximum absolute atomic E-state index is 13.3. The Kier molecular flexibility index (Phi) is 4.28. The third-order valence-corrected chi connectivity index (χ3v) is 5.71. The topological polar surface area (TPSA) is 118 Å². The Hall–Kier alpha value is -4.07. The number of anilines is 1. The van der Waals surface area contributed by atoms with Crippen LogP contribution in [0.3, 0.4) is 0 Å². The Balaban J connectivity index is 1.64. The van der Waals surface area contributed by atoms with Gasteiger partial charge in [-0.1, -0.05) is 18.2 Å². The second-order valence-corrected chi connectivity index (χ2v) is 7.66. The van der Waals surface area contributed by atoms with Crippen molar-refractivity contribution in [3.8, 4) is 5.75 Å². The van der Waals surface area contributed by atoms with Crippen LogP contribution in [0.15, 0.2) is 59.9 Å². The predicted molar refractivity (Wildman–Crippen MR) is 114 cm³/mol. The molecule has 156 valence electrons. The number of aromatic amines is 1. The molecule has 0 radical (unpaired) electrons. The van der Waals surface area contributed by atoms with Crippen LogP contribution >= 0.6 is 0 Å². The van der Waals surface area contributed by atoms with E-state index in [2.05, 4.69) is 10.3 Å². The summed E-state index contributed by atoms with van der Waals surface area (Å²) in [5.41, 5.74) is 10.1. The van der Waals surface area contributed by atoms with Gasteiger partial charge in [0.1, 0.15) is 5.75 Å². The van der Waals surface area contributed by atoms with Gasteiger partial charge >= 0.3 is 0 Å². The zero-order valence-electron chi connectivity index (χ0n) is 16.8. The smallest absolute Gasteiger partial charge is 0.259 e. The molecule has 0 aliphatic carbocycles. The molecule has 0 spiro atoms. The van der Waals surface area contributed by atoms with E-state index in [9.17, 15) is 14.4 Å². The molecule has 2 aliphatic rings. The number of nitrogens with zero attached hydrogens (tertiary/aromatic N) is 1. The minimum absolute atomic E-state index is 0.208. The van der Waals surface area contributed by atoms with Gasteiger partial charge in [-0.2, -0.15) is 0 Å². The molecule has 1 aromatic heterocycles. The third-order valence-electron chi connectivity index (χ3n) is 5.71. The van der Waals surface area contributed by atoms with E-state index in [4.69, 9.17) is 10.5 Å². The molecule has 8 nitrogen and oxygen atoms in total. The number of benzene rings is 2. The summed E-state index contributed by atoms with van der Waals surface area (Å²) < 4.78 is 5.36. The fourth-order valence-electron chi connectivity index (χ4n) is 4.37. The van der Waals surface area contributed by atoms with Crippen LogP contribution in [0.1, 0.15) is 24.0 Å². The predicted octanol–water partition coefficient (Wildman–Crippen LogP) is 2.23. The van der Waals surface area contributed by atoms with E-state index in [1.54, 1.807) is 12.1 Å². The number of aromatic nitrogens is 1. The summed E-state index contributed by atoms with van der Waals surface area (Å²) in [5.74, 6) is -1.01. The molecular weight excluding hydrogens is 396 g/mol. The second kappa shape index (κ2) is 7.02. The highest BCUT2D eigenvalue weighted by molar-refractivity contribution is 6.11. The number of imide groups is 1. The largest absolute Gasteiger partial charge is 0.484 e. The molecule has 3 heterocycles. The molecule has 3 aromatic rings. The van der Waals surface area contributed by atoms with Gasteiger partial charge in [0.25, 0.3) is 11.8 Å². The van der Waals surface area contributed by atoms with Crippen LogP contribution in [0.25, 0.3) is 10.9 Å². The lowest BCUT2D eigenvalue weighted by atomic mass is 9.84. The SMILES string of the molecule is CC(=O)N1CC2=C(C1=O)C(c1ccc(OCC(N)=O)cc1)c1c[nH]c3cccc(c13)N2. The minimum atomic E-state index is -0.555. The average molecular weight is 416 g/mol. The van der Waals surface area contributed by atoms with Crippen LogP contribution in [-0.2, 0) is 14.4 Å². The van der Waals surface area contributed by atoms with Crippen molar-refractivity contribution in [3.63, 3.8) is 0 Å². The summed E-state index contributed by atoms with van der Waals surface area (Å²) in [6.07, 6.45) is 1.91. The molecule has 0 fully saturated rings. The lowest BCUT2D eigenvalue weighted by Crippen LogP contribution is -2.33. The van der Waals surface area contributed by atoms with Gasteiger partial charge in [0.15, 0.2) is 6.61 Å². The van der Waals surface area contributed by atoms with Gasteiger partial charge < -0.3 is 20.8 Å². The molecule has 2 aromatic carbocycles. The van der Waals surface area contributed by atoms with E-state index in [1.165, 1.54) is 11.8 Å². The molecule has 8 heteroatoms. The Morgan fingerprint density at radius 1 is 1.19 bits per heavy atom. The van der Waals surface area contributed by atoms with Gasteiger partial charge in [0, 0.05) is 41.3 Å². The highest BCUT2D eigenvalue weighted by Gasteiger charge is 2.41. The number of amides is 3. The van der Waals surface area contributed by atoms with Gasteiger partial charge in [0.2, 0.25) is 5.91 Å². The Labute approximate surface area is 177 Å². The number of primary amides is 1. The molecule has 31 heavy (non-hydrogen) atoms. The fraction of sp³-hybridized carbons (Fsp3) is 0.174. The fourth-order valence-corrected chi connectivity index (χ4v) is 4.37. The number of hydrogen-bond donors (Lipinski definition) is 3. The number of ether oxygens (including phenoxy) is 1. The Bertz CT molecular complexity index is 1270. The molecule has 1 atom stereocenters. The van der Waals surface area contributed by atoms with E-state index < -0.39 is 5.91 Å². The molecule has 3 amide bonds. The van der Waals surface area contributed by atoms with Crippen LogP contribution in [-0.4, -0.2) is 40.8 Å². The number of rotatable bonds is 4. The van der Waals surface area contributed by atoms with Crippen LogP contribution in [0.2, 0.25) is 0 Å². The van der Waals surface area contributed by atoms with Gasteiger partial charge in [0.05, 0.1) is 12.1 Å². The first-order chi connectivity index (χ1) is 14.9. The van der Waals surface area contributed by atoms with Crippen molar-refractivity contribution in [2.75, 3.05) is 18.5 Å². The number of carbonyl (C=O) groups is 3. The Morgan fingerprint density at radius 2 is 1.97 bits per heavy atom. The van der Waals surface area contributed by atoms with Crippen molar-refractivity contribution < 1.29 is 19.1 Å². The van der Waals surface area contributed by atoms with Crippen molar-refractivity contribution in [1.82, 2.24) is 9.88 Å². The van der Waals surface area contributed by atoms with Crippen molar-refractivity contribution in [3.05, 3.63) is 71.1 Å². The zero-order valence-corrected chi connectivity index (χ0v) is 16.8. The first-order valence-corrected chi connectivity index (χ1v) is 9.87. The van der Waals surface area contributed by atoms with Crippen LogP contribution < -0.4 is 15.8 Å². The van der Waals surface area contributed by atoms with E-state index in [0.717, 1.165) is 33.4 Å². The molecule has 4 N–H and O–H groups in total. The van der Waals surface area contributed by atoms with Crippen LogP contribution in [0, 0.1) is 0 Å². The molecule has 0 saturated heterocycles. The molecule has 1 unspecified atom stereocenters. The van der Waals surface area contributed by atoms with Gasteiger partial charge in [-0.05, 0) is 35.4 Å². The van der Waals surface area contributed by atoms with E-state index in [0.29, 0.717) is 11.3 Å². The summed E-state index contributed by atoms with van der Waals surface area (Å²) in [5, 5.41) is 4.41. The third kappa shape index (κ3) is 3.04. The number of nitrogens with one attached hydrogen (secondary N) is 2. The molecule has 0 bridgehead atoms. The van der Waals surface area contributed by atoms with Crippen molar-refractivity contribution >= 4 is 34.3 Å². The van der Waals surface area contributed by atoms with Crippen molar-refractivity contribution in [1.29, 1.82) is 0 Å². The van der Waals surface area contributed by atoms with Crippen molar-refractivity contribution in [2.24, 2.45) is 5.73 Å². The zero-order chi connectivity index (χ0) is 21.7. The van der Waals surface area contributed by atoms with Gasteiger partial charge in [-0.3, -0.25) is 19.3 Å². The maximum atomic E-state index is 13.3. The summed E-state index contributed by atoms with van der Waals surface area (Å²) in [7, 11) is 0. The molecular formula is C23H20N4O4. The van der Waals surface area contributed by atoms with Crippen molar-refractivity contribution in [2.45, 2.75) is 12.8 Å². The lowest BCUT2D eigenvalue weighted by molar-refractivity contribution is -0.139. The second-order valence-electron chi connectivity index (χ2n) is 7.66. The summed E-state index contributed by atoms with van der Waals surface area (Å²) in [6, 6.07) is 13.1. The van der Waals surface area contributed by atoms with E-state index in [-0.39, 0.29) is 30.9 Å². The van der Waals surface area contributed by atoms with Gasteiger partial charge in [-0.15, -0.1) is 0 Å². The normalized spacial score (nSPS) is 17.4. The highest BCUT2D eigenvalue weighted by atomic mass is 16.5. The van der Waals surface area contributed by atoms with E-state index in [1.807, 2.05) is 36.5 Å². The Morgan fingerprint density at radius 3 is 2.68 bits per heavy atom. The van der Waals surface area contributed by atoms with Crippen LogP contribution in [0.5, 0.6) is 5.75 Å². The highest BCUT2D eigenvalue weighted by Crippen LogP contribution is 2.45. The number of H-pyrrole nitrogens is 1. The monoisotopic (exact) mass is 416 g/mol. The number of hydrogen-bond acceptors (Lipinski definition) is 5. The van der Waals surface area contributed by atoms with Crippen LogP contribution in [0.4, 0.5) is 5.69 Å². The summed E-state index contributed by atoms with van der Waals surface area (Å²) in [6.45, 7) is 1.40. The maximum Gasteiger partial charge on any atom is 0.259 e. The first-order valence-electron chi connectivity index (χ1n) is 9.87. The average Bonchev–Trinajstić information content (AvgIpc) is 3.27. The quantitative estimate of drug-likeness (QED) is 0.603. The standard InChI is InChI=1S/C23H20N4O4/c1-12(28)27-10-18-22(23(27)30)20(13-5-7-14(8-6-13)31-11-19(24)29)15-9-25-16-3-2-4-17(26-18)21(15)16/h2-9,20,25-26H,10-11H2,1H3,(H2,24,29). The molecule has 0 saturated carbocycles. The molecule has 2 aliphatic heterocycles. The molecule has 5 rings (SSSR count). The lowest BCUT2D eigenvalue weighted by Gasteiger charge is -2.19. The van der Waals surface area contributed by atoms with E-state index >= 15 is 0 Å². The number of nitrogens with two attached hydrogens (primary N) is 1. The summed E-state index contributed by atoms with van der Waals surface area (Å²) in [4.78, 5) is 40.9.